The maximum Gasteiger partial charge on any atom is 0.408 e. The predicted molar refractivity (Wildman–Crippen MR) is 92.5 cm³/mol. The van der Waals surface area contributed by atoms with Crippen LogP contribution >= 0.6 is 0 Å². The van der Waals surface area contributed by atoms with E-state index in [2.05, 4.69) is 24.4 Å². The molecule has 0 spiro atoms. The predicted octanol–water partition coefficient (Wildman–Crippen LogP) is 4.73. The summed E-state index contributed by atoms with van der Waals surface area (Å²) in [4.78, 5) is 11.2. The Morgan fingerprint density at radius 2 is 1.70 bits per heavy atom. The highest BCUT2D eigenvalue weighted by Crippen LogP contribution is 2.23. The average Bonchev–Trinajstić information content (AvgIpc) is 3.08. The molecule has 0 radical (unpaired) electrons. The van der Waals surface area contributed by atoms with Gasteiger partial charge in [-0.15, -0.1) is 0 Å². The number of amides is 1. The van der Waals surface area contributed by atoms with E-state index in [4.69, 9.17) is 9.47 Å². The molecule has 2 heterocycles. The third kappa shape index (κ3) is 6.54. The maximum absolute atomic E-state index is 11.2. The Labute approximate surface area is 141 Å². The second kappa shape index (κ2) is 10.7. The molecule has 3 atom stereocenters. The molecule has 2 aliphatic rings. The van der Waals surface area contributed by atoms with Gasteiger partial charge < -0.3 is 14.8 Å². The normalized spacial score (nSPS) is 26.5. The van der Waals surface area contributed by atoms with Gasteiger partial charge in [0.2, 0.25) is 0 Å². The van der Waals surface area contributed by atoms with E-state index < -0.39 is 0 Å². The van der Waals surface area contributed by atoms with E-state index >= 15 is 0 Å². The number of rotatable bonds is 12. The highest BCUT2D eigenvalue weighted by Gasteiger charge is 2.44. The van der Waals surface area contributed by atoms with E-state index in [1.165, 1.54) is 64.2 Å². The molecule has 0 aromatic carbocycles. The lowest BCUT2D eigenvalue weighted by atomic mass is 10.1. The fraction of sp³-hybridized carbons (Fsp3) is 0.842. The first kappa shape index (κ1) is 18.3. The number of carbonyl (C=O) groups is 1. The summed E-state index contributed by atoms with van der Waals surface area (Å²) >= 11 is 0. The standard InChI is InChI=1S/C19H33NO3/c1-2-3-4-5-6-7-8-9-10-11-12-13-14-17-18-16(15-22-17)20-19(21)23-18/h13-14,16-18H,2-12,15H2,1H3,(H,20,21)/b14-13+/t16-,17+,18-/m1/s1. The van der Waals surface area contributed by atoms with Crippen LogP contribution in [-0.2, 0) is 9.47 Å². The molecule has 0 aromatic rings. The number of unbranched alkanes of at least 4 members (excludes halogenated alkanes) is 10. The van der Waals surface area contributed by atoms with Crippen molar-refractivity contribution in [1.82, 2.24) is 5.32 Å². The van der Waals surface area contributed by atoms with E-state index in [1.807, 2.05) is 0 Å². The van der Waals surface area contributed by atoms with Crippen molar-refractivity contribution in [3.8, 4) is 0 Å². The zero-order valence-corrected chi connectivity index (χ0v) is 14.6. The number of allylic oxidation sites excluding steroid dienone is 1. The molecular weight excluding hydrogens is 290 g/mol. The summed E-state index contributed by atoms with van der Waals surface area (Å²) in [5, 5.41) is 2.77. The molecule has 2 fully saturated rings. The van der Waals surface area contributed by atoms with Gasteiger partial charge in [-0.3, -0.25) is 0 Å². The third-order valence-electron chi connectivity index (χ3n) is 4.79. The molecule has 0 aromatic heterocycles. The highest BCUT2D eigenvalue weighted by molar-refractivity contribution is 5.70. The van der Waals surface area contributed by atoms with Crippen molar-refractivity contribution in [3.05, 3.63) is 12.2 Å². The third-order valence-corrected chi connectivity index (χ3v) is 4.79. The van der Waals surface area contributed by atoms with Crippen LogP contribution in [0.1, 0.15) is 77.6 Å². The van der Waals surface area contributed by atoms with E-state index in [1.54, 1.807) is 0 Å². The fourth-order valence-corrected chi connectivity index (χ4v) is 3.36. The first-order valence-corrected chi connectivity index (χ1v) is 9.56. The average molecular weight is 323 g/mol. The monoisotopic (exact) mass is 323 g/mol. The van der Waals surface area contributed by atoms with Gasteiger partial charge in [0, 0.05) is 0 Å². The fourth-order valence-electron chi connectivity index (χ4n) is 3.36. The van der Waals surface area contributed by atoms with Crippen LogP contribution < -0.4 is 5.32 Å². The van der Waals surface area contributed by atoms with Crippen LogP contribution in [0.25, 0.3) is 0 Å². The van der Waals surface area contributed by atoms with Crippen molar-refractivity contribution in [2.75, 3.05) is 6.61 Å². The molecule has 0 unspecified atom stereocenters. The Morgan fingerprint density at radius 3 is 2.39 bits per heavy atom. The molecule has 2 aliphatic heterocycles. The van der Waals surface area contributed by atoms with Gasteiger partial charge >= 0.3 is 6.09 Å². The minimum absolute atomic E-state index is 0.0366. The SMILES string of the molecule is CCCCCCCCCCCC/C=C/[C@@H]1OC[C@H]2NC(=O)O[C@@H]12. The van der Waals surface area contributed by atoms with Crippen LogP contribution in [0.2, 0.25) is 0 Å². The first-order valence-electron chi connectivity index (χ1n) is 9.56. The Bertz CT molecular complexity index is 370. The first-order chi connectivity index (χ1) is 11.3. The van der Waals surface area contributed by atoms with Crippen molar-refractivity contribution in [2.45, 2.75) is 95.8 Å². The lowest BCUT2D eigenvalue weighted by molar-refractivity contribution is 0.0620. The summed E-state index contributed by atoms with van der Waals surface area (Å²) in [6.45, 7) is 2.83. The van der Waals surface area contributed by atoms with E-state index in [-0.39, 0.29) is 24.3 Å². The highest BCUT2D eigenvalue weighted by atomic mass is 16.6. The molecule has 2 saturated heterocycles. The van der Waals surface area contributed by atoms with Crippen molar-refractivity contribution in [2.24, 2.45) is 0 Å². The second-order valence-electron chi connectivity index (χ2n) is 6.82. The zero-order valence-electron chi connectivity index (χ0n) is 14.6. The van der Waals surface area contributed by atoms with Crippen LogP contribution in [-0.4, -0.2) is 30.9 Å². The lowest BCUT2D eigenvalue weighted by Crippen LogP contribution is -2.31. The minimum atomic E-state index is -0.309. The smallest absolute Gasteiger partial charge is 0.408 e. The summed E-state index contributed by atoms with van der Waals surface area (Å²) < 4.78 is 10.9. The van der Waals surface area contributed by atoms with Crippen molar-refractivity contribution < 1.29 is 14.3 Å². The number of hydrogen-bond acceptors (Lipinski definition) is 3. The summed E-state index contributed by atoms with van der Waals surface area (Å²) in [5.41, 5.74) is 0. The molecule has 0 saturated carbocycles. The molecule has 4 nitrogen and oxygen atoms in total. The van der Waals surface area contributed by atoms with Crippen molar-refractivity contribution in [1.29, 1.82) is 0 Å². The van der Waals surface area contributed by atoms with Gasteiger partial charge in [0.25, 0.3) is 0 Å². The summed E-state index contributed by atoms with van der Waals surface area (Å²) in [5.74, 6) is 0. The van der Waals surface area contributed by atoms with Gasteiger partial charge in [-0.05, 0) is 12.8 Å². The largest absolute Gasteiger partial charge is 0.441 e. The molecule has 0 bridgehead atoms. The van der Waals surface area contributed by atoms with Gasteiger partial charge in [0.1, 0.15) is 6.10 Å². The summed E-state index contributed by atoms with van der Waals surface area (Å²) in [7, 11) is 0. The molecule has 0 aliphatic carbocycles. The van der Waals surface area contributed by atoms with E-state index in [9.17, 15) is 4.79 Å². The molecular formula is C19H33NO3. The number of fused-ring (bicyclic) bond motifs is 1. The molecule has 2 rings (SSSR count). The molecule has 1 N–H and O–H groups in total. The van der Waals surface area contributed by atoms with Gasteiger partial charge in [-0.2, -0.15) is 0 Å². The molecule has 1 amide bonds. The Hall–Kier alpha value is -1.03. The van der Waals surface area contributed by atoms with Crippen LogP contribution in [0.5, 0.6) is 0 Å². The number of ether oxygens (including phenoxy) is 2. The minimum Gasteiger partial charge on any atom is -0.441 e. The van der Waals surface area contributed by atoms with E-state index in [0.717, 1.165) is 6.42 Å². The number of hydrogen-bond donors (Lipinski definition) is 1. The van der Waals surface area contributed by atoms with Crippen LogP contribution in [0.3, 0.4) is 0 Å². The Balaban J connectivity index is 1.41. The van der Waals surface area contributed by atoms with Crippen molar-refractivity contribution in [3.63, 3.8) is 0 Å². The molecule has 23 heavy (non-hydrogen) atoms. The summed E-state index contributed by atoms with van der Waals surface area (Å²) in [6.07, 6.45) is 18.5. The number of nitrogens with one attached hydrogen (secondary N) is 1. The summed E-state index contributed by atoms with van der Waals surface area (Å²) in [6, 6.07) is 0.0366. The maximum atomic E-state index is 11.2. The van der Waals surface area contributed by atoms with Crippen molar-refractivity contribution >= 4 is 6.09 Å². The topological polar surface area (TPSA) is 47.6 Å². The lowest BCUT2D eigenvalue weighted by Gasteiger charge is -2.10. The quantitative estimate of drug-likeness (QED) is 0.417. The van der Waals surface area contributed by atoms with Crippen LogP contribution in [0.15, 0.2) is 12.2 Å². The zero-order chi connectivity index (χ0) is 16.3. The Kier molecular flexibility index (Phi) is 8.51. The Morgan fingerprint density at radius 1 is 1.04 bits per heavy atom. The molecule has 132 valence electrons. The number of alkyl carbamates (subject to hydrolysis) is 1. The van der Waals surface area contributed by atoms with Gasteiger partial charge in [-0.1, -0.05) is 76.9 Å². The molecule has 4 heteroatoms. The van der Waals surface area contributed by atoms with Gasteiger partial charge in [0.15, 0.2) is 6.10 Å². The second-order valence-corrected chi connectivity index (χ2v) is 6.82. The van der Waals surface area contributed by atoms with Gasteiger partial charge in [-0.25, -0.2) is 4.79 Å². The van der Waals surface area contributed by atoms with Gasteiger partial charge in [0.05, 0.1) is 12.6 Å². The van der Waals surface area contributed by atoms with Crippen LogP contribution in [0.4, 0.5) is 4.79 Å². The van der Waals surface area contributed by atoms with E-state index in [0.29, 0.717) is 6.61 Å². The number of carbonyl (C=O) groups excluding carboxylic acids is 1. The van der Waals surface area contributed by atoms with Crippen LogP contribution in [0, 0.1) is 0 Å².